The normalized spacial score (nSPS) is 12.1. The van der Waals surface area contributed by atoms with Crippen molar-refractivity contribution in [3.63, 3.8) is 0 Å². The van der Waals surface area contributed by atoms with Gasteiger partial charge in [0.1, 0.15) is 16.8 Å². The molecule has 0 saturated heterocycles. The van der Waals surface area contributed by atoms with Crippen LogP contribution in [0, 0.1) is 0 Å². The fraction of sp³-hybridized carbons (Fsp3) is 0.500. The number of nitrogen functional groups attached to an aromatic ring is 1. The first-order valence-electron chi connectivity index (χ1n) is 10.8. The molecule has 0 atom stereocenters. The van der Waals surface area contributed by atoms with Gasteiger partial charge in [-0.25, -0.2) is 23.9 Å². The van der Waals surface area contributed by atoms with Gasteiger partial charge in [-0.1, -0.05) is 12.1 Å². The van der Waals surface area contributed by atoms with Gasteiger partial charge in [-0.15, -0.1) is 4.90 Å². The summed E-state index contributed by atoms with van der Waals surface area (Å²) in [6.45, 7) is 15.0. The van der Waals surface area contributed by atoms with Crippen molar-refractivity contribution in [1.82, 2.24) is 9.55 Å². The minimum atomic E-state index is -1.05. The van der Waals surface area contributed by atoms with Crippen LogP contribution in [0.3, 0.4) is 0 Å². The number of anilines is 2. The van der Waals surface area contributed by atoms with Crippen LogP contribution in [0.4, 0.5) is 26.0 Å². The molecule has 1 aromatic carbocycles. The minimum absolute atomic E-state index is 0.304. The number of ether oxygens (including phenoxy) is 3. The molecule has 0 bridgehead atoms. The number of rotatable bonds is 2. The van der Waals surface area contributed by atoms with Crippen molar-refractivity contribution >= 4 is 29.9 Å². The van der Waals surface area contributed by atoms with E-state index in [2.05, 4.69) is 4.98 Å². The summed E-state index contributed by atoms with van der Waals surface area (Å²) in [6.07, 6.45) is -1.58. The second-order valence-corrected chi connectivity index (χ2v) is 10.7. The van der Waals surface area contributed by atoms with Crippen LogP contribution in [-0.4, -0.2) is 44.6 Å². The van der Waals surface area contributed by atoms with E-state index in [4.69, 9.17) is 19.9 Å². The molecule has 1 aromatic heterocycles. The molecular weight excluding hydrogens is 440 g/mol. The summed E-state index contributed by atoms with van der Waals surface area (Å²) in [6, 6.07) is 6.74. The summed E-state index contributed by atoms with van der Waals surface area (Å²) >= 11 is 0. The molecule has 0 fully saturated rings. The van der Waals surface area contributed by atoms with Crippen LogP contribution >= 0.6 is 0 Å². The molecule has 0 radical (unpaired) electrons. The average Bonchev–Trinajstić information content (AvgIpc) is 3.02. The first-order valence-corrected chi connectivity index (χ1v) is 10.8. The molecule has 2 aromatic rings. The Balaban J connectivity index is 2.69. The van der Waals surface area contributed by atoms with Gasteiger partial charge in [-0.05, 0) is 74.4 Å². The van der Waals surface area contributed by atoms with E-state index >= 15 is 0 Å². The number of imidazole rings is 1. The number of carbonyl (C=O) groups excluding carboxylic acids is 3. The Morgan fingerprint density at radius 2 is 1.24 bits per heavy atom. The van der Waals surface area contributed by atoms with Crippen LogP contribution in [-0.2, 0) is 14.2 Å². The largest absolute Gasteiger partial charge is 0.443 e. The van der Waals surface area contributed by atoms with Crippen molar-refractivity contribution in [2.75, 3.05) is 10.6 Å². The molecular formula is C24H34N4O6. The molecule has 10 nitrogen and oxygen atoms in total. The summed E-state index contributed by atoms with van der Waals surface area (Å²) in [4.78, 5) is 44.3. The Morgan fingerprint density at radius 3 is 1.65 bits per heavy atom. The monoisotopic (exact) mass is 474 g/mol. The van der Waals surface area contributed by atoms with Gasteiger partial charge >= 0.3 is 18.3 Å². The first kappa shape index (κ1) is 26.7. The lowest BCUT2D eigenvalue weighted by Crippen LogP contribution is -2.45. The van der Waals surface area contributed by atoms with E-state index in [-0.39, 0.29) is 5.95 Å². The number of nitrogens with zero attached hydrogens (tertiary/aromatic N) is 3. The number of hydrogen-bond donors (Lipinski definition) is 1. The van der Waals surface area contributed by atoms with Gasteiger partial charge in [-0.3, -0.25) is 0 Å². The van der Waals surface area contributed by atoms with Crippen LogP contribution in [0.2, 0.25) is 0 Å². The van der Waals surface area contributed by atoms with Crippen LogP contribution in [0.1, 0.15) is 62.3 Å². The molecule has 34 heavy (non-hydrogen) atoms. The zero-order valence-electron chi connectivity index (χ0n) is 21.3. The second kappa shape index (κ2) is 9.36. The predicted molar refractivity (Wildman–Crippen MR) is 129 cm³/mol. The van der Waals surface area contributed by atoms with E-state index in [1.807, 2.05) is 0 Å². The van der Waals surface area contributed by atoms with E-state index in [1.54, 1.807) is 86.6 Å². The topological polar surface area (TPSA) is 126 Å². The quantitative estimate of drug-likeness (QED) is 0.441. The molecule has 0 aliphatic heterocycles. The van der Waals surface area contributed by atoms with Gasteiger partial charge in [0.15, 0.2) is 0 Å². The lowest BCUT2D eigenvalue weighted by Gasteiger charge is -2.28. The molecule has 0 spiro atoms. The summed E-state index contributed by atoms with van der Waals surface area (Å²) < 4.78 is 17.3. The first-order chi connectivity index (χ1) is 15.4. The lowest BCUT2D eigenvalue weighted by molar-refractivity contribution is 0.0423. The smallest absolute Gasteiger partial charge is 0.427 e. The standard InChI is InChI=1S/C24H34N4O6/c1-22(2,3)32-19(29)27-14-17(15-10-12-16(25)13-11-15)26-18(27)28(20(30)33-23(4,5)6)21(31)34-24(7,8)9/h10-14H,25H2,1-9H3. The molecule has 0 saturated carbocycles. The fourth-order valence-electron chi connectivity index (χ4n) is 2.62. The number of nitrogens with two attached hydrogens (primary N) is 1. The highest BCUT2D eigenvalue weighted by molar-refractivity contribution is 6.09. The highest BCUT2D eigenvalue weighted by Gasteiger charge is 2.38. The number of hydrogen-bond acceptors (Lipinski definition) is 8. The molecule has 10 heteroatoms. The van der Waals surface area contributed by atoms with E-state index in [1.165, 1.54) is 6.20 Å². The van der Waals surface area contributed by atoms with Crippen molar-refractivity contribution in [3.05, 3.63) is 30.5 Å². The Labute approximate surface area is 200 Å². The van der Waals surface area contributed by atoms with Crippen molar-refractivity contribution in [3.8, 4) is 11.3 Å². The van der Waals surface area contributed by atoms with Gasteiger partial charge < -0.3 is 19.9 Å². The molecule has 0 aliphatic carbocycles. The Kier molecular flexibility index (Phi) is 7.35. The van der Waals surface area contributed by atoms with Crippen LogP contribution in [0.5, 0.6) is 0 Å². The van der Waals surface area contributed by atoms with E-state index in [0.29, 0.717) is 21.8 Å². The maximum absolute atomic E-state index is 13.1. The molecule has 2 rings (SSSR count). The number of carbonyl (C=O) groups is 3. The summed E-state index contributed by atoms with van der Waals surface area (Å²) in [5.41, 5.74) is 4.52. The average molecular weight is 475 g/mol. The predicted octanol–water partition coefficient (Wildman–Crippen LogP) is 5.59. The molecule has 186 valence electrons. The zero-order chi connectivity index (χ0) is 26.1. The van der Waals surface area contributed by atoms with Crippen LogP contribution in [0.25, 0.3) is 11.3 Å². The van der Waals surface area contributed by atoms with Crippen LogP contribution in [0.15, 0.2) is 30.5 Å². The van der Waals surface area contributed by atoms with Crippen molar-refractivity contribution < 1.29 is 28.6 Å². The molecule has 1 heterocycles. The van der Waals surface area contributed by atoms with E-state index in [9.17, 15) is 14.4 Å². The maximum atomic E-state index is 13.1. The number of imide groups is 1. The summed E-state index contributed by atoms with van der Waals surface area (Å²) in [5.74, 6) is -0.329. The summed E-state index contributed by atoms with van der Waals surface area (Å²) in [7, 11) is 0. The highest BCUT2D eigenvalue weighted by Crippen LogP contribution is 2.28. The highest BCUT2D eigenvalue weighted by atomic mass is 16.6. The molecule has 0 aliphatic rings. The molecule has 2 amide bonds. The number of benzene rings is 1. The number of aromatic nitrogens is 2. The fourth-order valence-corrected chi connectivity index (χ4v) is 2.62. The van der Waals surface area contributed by atoms with Gasteiger partial charge in [0.05, 0.1) is 5.69 Å². The third-order valence-electron chi connectivity index (χ3n) is 3.84. The van der Waals surface area contributed by atoms with Crippen molar-refractivity contribution in [1.29, 1.82) is 0 Å². The second-order valence-electron chi connectivity index (χ2n) is 10.7. The SMILES string of the molecule is CC(C)(C)OC(=O)N(C(=O)OC(C)(C)C)c1nc(-c2ccc(N)cc2)cn1C(=O)OC(C)(C)C. The van der Waals surface area contributed by atoms with Gasteiger partial charge in [0.25, 0.3) is 0 Å². The van der Waals surface area contributed by atoms with Gasteiger partial charge in [0, 0.05) is 17.4 Å². The van der Waals surface area contributed by atoms with Crippen LogP contribution < -0.4 is 10.6 Å². The molecule has 2 N–H and O–H groups in total. The zero-order valence-corrected chi connectivity index (χ0v) is 21.3. The van der Waals surface area contributed by atoms with E-state index in [0.717, 1.165) is 4.57 Å². The third-order valence-corrected chi connectivity index (χ3v) is 3.84. The lowest BCUT2D eigenvalue weighted by atomic mass is 10.1. The Bertz CT molecular complexity index is 1030. The third kappa shape index (κ3) is 7.50. The summed E-state index contributed by atoms with van der Waals surface area (Å²) in [5, 5.41) is 0. The molecule has 0 unspecified atom stereocenters. The number of amides is 2. The van der Waals surface area contributed by atoms with E-state index < -0.39 is 35.1 Å². The van der Waals surface area contributed by atoms with Crippen molar-refractivity contribution in [2.24, 2.45) is 0 Å². The minimum Gasteiger partial charge on any atom is -0.443 e. The Hall–Kier alpha value is -3.56. The van der Waals surface area contributed by atoms with Crippen molar-refractivity contribution in [2.45, 2.75) is 79.1 Å². The van der Waals surface area contributed by atoms with Gasteiger partial charge in [0.2, 0.25) is 5.95 Å². The van der Waals surface area contributed by atoms with Gasteiger partial charge in [-0.2, -0.15) is 0 Å². The maximum Gasteiger partial charge on any atom is 0.427 e. The Morgan fingerprint density at radius 1 is 0.794 bits per heavy atom.